The minimum Gasteiger partial charge on any atom is -0.289 e. The van der Waals surface area contributed by atoms with Crippen LogP contribution in [0.4, 0.5) is 0 Å². The minimum atomic E-state index is -0.273. The van der Waals surface area contributed by atoms with Crippen molar-refractivity contribution in [2.75, 3.05) is 0 Å². The highest BCUT2D eigenvalue weighted by Crippen LogP contribution is 2.21. The van der Waals surface area contributed by atoms with Gasteiger partial charge in [0.05, 0.1) is 6.07 Å². The quantitative estimate of drug-likeness (QED) is 0.438. The highest BCUT2D eigenvalue weighted by Gasteiger charge is 2.13. The Morgan fingerprint density at radius 3 is 2.43 bits per heavy atom. The van der Waals surface area contributed by atoms with Crippen LogP contribution in [0.5, 0.6) is 0 Å². The molecule has 0 fully saturated rings. The zero-order valence-corrected chi connectivity index (χ0v) is 12.0. The van der Waals surface area contributed by atoms with E-state index >= 15 is 0 Å². The Morgan fingerprint density at radius 2 is 1.90 bits per heavy atom. The van der Waals surface area contributed by atoms with Crippen molar-refractivity contribution in [1.82, 2.24) is 0 Å². The molecule has 0 aliphatic rings. The van der Waals surface area contributed by atoms with Crippen LogP contribution in [0, 0.1) is 11.3 Å². The van der Waals surface area contributed by atoms with Gasteiger partial charge < -0.3 is 0 Å². The fourth-order valence-corrected chi connectivity index (χ4v) is 1.81. The van der Waals surface area contributed by atoms with Gasteiger partial charge in [0.25, 0.3) is 0 Å². The lowest BCUT2D eigenvalue weighted by atomic mass is 9.94. The summed E-state index contributed by atoms with van der Waals surface area (Å²) in [5, 5.41) is 9.12. The summed E-state index contributed by atoms with van der Waals surface area (Å²) >= 11 is 0. The van der Waals surface area contributed by atoms with E-state index in [1.807, 2.05) is 42.5 Å². The number of carbonyl (C=O) groups is 1. The van der Waals surface area contributed by atoms with Crippen LogP contribution in [0.1, 0.15) is 12.5 Å². The first kappa shape index (κ1) is 16.1. The Balaban J connectivity index is 3.49. The molecule has 21 heavy (non-hydrogen) atoms. The molecule has 1 rings (SSSR count). The van der Waals surface area contributed by atoms with Crippen molar-refractivity contribution in [3.05, 3.63) is 90.1 Å². The molecule has 2 heteroatoms. The summed E-state index contributed by atoms with van der Waals surface area (Å²) in [5.41, 5.74) is 2.32. The van der Waals surface area contributed by atoms with Gasteiger partial charge in [-0.1, -0.05) is 61.7 Å². The van der Waals surface area contributed by atoms with Crippen molar-refractivity contribution in [3.63, 3.8) is 0 Å². The summed E-state index contributed by atoms with van der Waals surface area (Å²) < 4.78 is 0. The molecule has 0 spiro atoms. The number of benzene rings is 1. The fourth-order valence-electron chi connectivity index (χ4n) is 1.81. The van der Waals surface area contributed by atoms with Crippen molar-refractivity contribution < 1.29 is 4.79 Å². The molecule has 2 nitrogen and oxygen atoms in total. The largest absolute Gasteiger partial charge is 0.289 e. The molecular formula is C19H17NO. The van der Waals surface area contributed by atoms with E-state index in [0.29, 0.717) is 16.7 Å². The molecular weight excluding hydrogens is 258 g/mol. The first-order valence-electron chi connectivity index (χ1n) is 6.48. The average molecular weight is 275 g/mol. The zero-order chi connectivity index (χ0) is 15.7. The zero-order valence-electron chi connectivity index (χ0n) is 12.0. The van der Waals surface area contributed by atoms with Crippen LogP contribution in [0.25, 0.3) is 6.08 Å². The highest BCUT2D eigenvalue weighted by atomic mass is 16.1. The van der Waals surface area contributed by atoms with Gasteiger partial charge in [-0.25, -0.2) is 0 Å². The van der Waals surface area contributed by atoms with Gasteiger partial charge in [0.15, 0.2) is 5.78 Å². The number of nitriles is 1. The van der Waals surface area contributed by atoms with Crippen molar-refractivity contribution in [3.8, 4) is 6.07 Å². The van der Waals surface area contributed by atoms with E-state index in [9.17, 15) is 4.79 Å². The van der Waals surface area contributed by atoms with E-state index in [-0.39, 0.29) is 5.78 Å². The summed E-state index contributed by atoms with van der Waals surface area (Å²) in [7, 11) is 0. The van der Waals surface area contributed by atoms with Gasteiger partial charge in [-0.3, -0.25) is 4.79 Å². The van der Waals surface area contributed by atoms with Gasteiger partial charge in [0.1, 0.15) is 0 Å². The molecule has 0 aromatic heterocycles. The van der Waals surface area contributed by atoms with Crippen molar-refractivity contribution >= 4 is 11.9 Å². The van der Waals surface area contributed by atoms with E-state index in [2.05, 4.69) is 13.2 Å². The Morgan fingerprint density at radius 1 is 1.24 bits per heavy atom. The van der Waals surface area contributed by atoms with Crippen LogP contribution >= 0.6 is 0 Å². The van der Waals surface area contributed by atoms with Gasteiger partial charge in [-0.2, -0.15) is 5.26 Å². The summed E-state index contributed by atoms with van der Waals surface area (Å²) in [4.78, 5) is 12.1. The second-order valence-corrected chi connectivity index (χ2v) is 4.29. The number of rotatable bonds is 6. The van der Waals surface area contributed by atoms with Crippen LogP contribution in [-0.2, 0) is 4.79 Å². The van der Waals surface area contributed by atoms with E-state index in [1.54, 1.807) is 25.2 Å². The number of hydrogen-bond acceptors (Lipinski definition) is 2. The van der Waals surface area contributed by atoms with Gasteiger partial charge in [-0.15, -0.1) is 0 Å². The molecule has 0 atom stereocenters. The maximum absolute atomic E-state index is 12.1. The topological polar surface area (TPSA) is 40.9 Å². The van der Waals surface area contributed by atoms with Gasteiger partial charge in [-0.05, 0) is 30.2 Å². The SMILES string of the molecule is C=CC=CC(=Cc1ccccc1)C(C(=O)C=C)=C(C)C#N. The fraction of sp³-hybridized carbons (Fsp3) is 0.0526. The predicted molar refractivity (Wildman–Crippen MR) is 87.3 cm³/mol. The van der Waals surface area contributed by atoms with Crippen LogP contribution < -0.4 is 0 Å². The first-order valence-corrected chi connectivity index (χ1v) is 6.48. The molecule has 0 saturated carbocycles. The predicted octanol–water partition coefficient (Wildman–Crippen LogP) is 4.41. The molecule has 0 amide bonds. The van der Waals surface area contributed by atoms with Crippen LogP contribution in [0.2, 0.25) is 0 Å². The molecule has 1 aromatic carbocycles. The van der Waals surface area contributed by atoms with Gasteiger partial charge in [0, 0.05) is 11.1 Å². The molecule has 0 aliphatic heterocycles. The van der Waals surface area contributed by atoms with E-state index in [4.69, 9.17) is 5.26 Å². The highest BCUT2D eigenvalue weighted by molar-refractivity contribution is 6.09. The van der Waals surface area contributed by atoms with Crippen molar-refractivity contribution in [1.29, 1.82) is 5.26 Å². The standard InChI is InChI=1S/C19H17NO/c1-4-6-12-17(13-16-10-8-7-9-11-16)19(15(3)14-20)18(21)5-2/h4-13H,1-2H2,3H3. The Hall–Kier alpha value is -2.92. The lowest BCUT2D eigenvalue weighted by Crippen LogP contribution is -2.03. The summed E-state index contributed by atoms with van der Waals surface area (Å²) in [6.07, 6.45) is 8.19. The third-order valence-electron chi connectivity index (χ3n) is 2.80. The molecule has 1 aromatic rings. The molecule has 0 heterocycles. The second-order valence-electron chi connectivity index (χ2n) is 4.29. The third kappa shape index (κ3) is 4.59. The Kier molecular flexibility index (Phi) is 6.37. The van der Waals surface area contributed by atoms with Gasteiger partial charge in [0.2, 0.25) is 0 Å². The summed E-state index contributed by atoms with van der Waals surface area (Å²) in [6, 6.07) is 11.6. The lowest BCUT2D eigenvalue weighted by molar-refractivity contribution is -0.111. The number of carbonyl (C=O) groups excluding carboxylic acids is 1. The second kappa shape index (κ2) is 8.29. The Labute approximate surface area is 125 Å². The normalized spacial score (nSPS) is 12.5. The summed E-state index contributed by atoms with van der Waals surface area (Å²) in [6.45, 7) is 8.75. The number of ketones is 1. The van der Waals surface area contributed by atoms with Crippen molar-refractivity contribution in [2.24, 2.45) is 0 Å². The van der Waals surface area contributed by atoms with Gasteiger partial charge >= 0.3 is 0 Å². The van der Waals surface area contributed by atoms with Crippen molar-refractivity contribution in [2.45, 2.75) is 6.92 Å². The maximum Gasteiger partial charge on any atom is 0.186 e. The average Bonchev–Trinajstić information content (AvgIpc) is 2.53. The van der Waals surface area contributed by atoms with Crippen LogP contribution in [-0.4, -0.2) is 5.78 Å². The first-order chi connectivity index (χ1) is 10.1. The third-order valence-corrected chi connectivity index (χ3v) is 2.80. The van der Waals surface area contributed by atoms with Crippen LogP contribution in [0.15, 0.2) is 84.5 Å². The molecule has 0 N–H and O–H groups in total. The van der Waals surface area contributed by atoms with E-state index < -0.39 is 0 Å². The molecule has 0 aliphatic carbocycles. The maximum atomic E-state index is 12.1. The molecule has 104 valence electrons. The summed E-state index contributed by atoms with van der Waals surface area (Å²) in [5.74, 6) is -0.273. The Bertz CT molecular complexity index is 667. The molecule has 0 saturated heterocycles. The number of allylic oxidation sites excluding steroid dienone is 7. The van der Waals surface area contributed by atoms with E-state index in [1.165, 1.54) is 6.08 Å². The molecule has 0 bridgehead atoms. The number of nitrogens with zero attached hydrogens (tertiary/aromatic N) is 1. The number of hydrogen-bond donors (Lipinski definition) is 0. The monoisotopic (exact) mass is 275 g/mol. The lowest BCUT2D eigenvalue weighted by Gasteiger charge is -2.07. The van der Waals surface area contributed by atoms with E-state index in [0.717, 1.165) is 5.56 Å². The molecule has 0 unspecified atom stereocenters. The van der Waals surface area contributed by atoms with Crippen LogP contribution in [0.3, 0.4) is 0 Å². The minimum absolute atomic E-state index is 0.273. The molecule has 0 radical (unpaired) electrons. The smallest absolute Gasteiger partial charge is 0.186 e.